The highest BCUT2D eigenvalue weighted by Gasteiger charge is 2.23. The van der Waals surface area contributed by atoms with Gasteiger partial charge in [-0.05, 0) is 6.07 Å². The third kappa shape index (κ3) is 1.96. The molecule has 8 heteroatoms. The number of aromatic amines is 1. The van der Waals surface area contributed by atoms with Gasteiger partial charge >= 0.3 is 0 Å². The fourth-order valence-corrected chi connectivity index (χ4v) is 1.67. The SMILES string of the molecule is NS(=O)(=O)c1cc[nH]c(=O)c1C(F)F. The first kappa shape index (κ1) is 10.8. The molecule has 1 rings (SSSR count). The number of pyridine rings is 1. The van der Waals surface area contributed by atoms with Crippen LogP contribution in [-0.2, 0) is 10.0 Å². The molecule has 0 fully saturated rings. The molecule has 0 amide bonds. The summed E-state index contributed by atoms with van der Waals surface area (Å²) in [5.41, 5.74) is -2.29. The first-order chi connectivity index (χ1) is 6.34. The summed E-state index contributed by atoms with van der Waals surface area (Å²) < 4.78 is 46.2. The van der Waals surface area contributed by atoms with Gasteiger partial charge in [-0.15, -0.1) is 0 Å². The molecular formula is C6H6F2N2O3S. The van der Waals surface area contributed by atoms with Crippen LogP contribution < -0.4 is 10.7 Å². The fourth-order valence-electron chi connectivity index (χ4n) is 0.927. The summed E-state index contributed by atoms with van der Waals surface area (Å²) in [6, 6.07) is 0.818. The Balaban J connectivity index is 3.61. The van der Waals surface area contributed by atoms with E-state index in [1.807, 2.05) is 4.98 Å². The van der Waals surface area contributed by atoms with Crippen LogP contribution in [0.3, 0.4) is 0 Å². The van der Waals surface area contributed by atoms with E-state index in [0.29, 0.717) is 0 Å². The Labute approximate surface area is 77.6 Å². The van der Waals surface area contributed by atoms with Crippen molar-refractivity contribution in [1.29, 1.82) is 0 Å². The van der Waals surface area contributed by atoms with Crippen molar-refractivity contribution in [3.8, 4) is 0 Å². The second-order valence-electron chi connectivity index (χ2n) is 2.43. The van der Waals surface area contributed by atoms with Gasteiger partial charge in [-0.2, -0.15) is 0 Å². The van der Waals surface area contributed by atoms with E-state index in [-0.39, 0.29) is 0 Å². The minimum atomic E-state index is -4.30. The van der Waals surface area contributed by atoms with E-state index in [1.165, 1.54) is 0 Å². The molecule has 3 N–H and O–H groups in total. The van der Waals surface area contributed by atoms with E-state index in [0.717, 1.165) is 12.3 Å². The molecule has 0 aliphatic heterocycles. The van der Waals surface area contributed by atoms with Gasteiger partial charge in [0, 0.05) is 6.20 Å². The second-order valence-corrected chi connectivity index (χ2v) is 3.96. The molecule has 0 saturated carbocycles. The second kappa shape index (κ2) is 3.46. The molecule has 0 atom stereocenters. The molecule has 1 aromatic rings. The van der Waals surface area contributed by atoms with E-state index in [2.05, 4.69) is 5.14 Å². The summed E-state index contributed by atoms with van der Waals surface area (Å²) in [6.07, 6.45) is -2.25. The van der Waals surface area contributed by atoms with E-state index in [4.69, 9.17) is 0 Å². The van der Waals surface area contributed by atoms with Crippen LogP contribution in [0, 0.1) is 0 Å². The summed E-state index contributed by atoms with van der Waals surface area (Å²) in [5, 5.41) is 4.65. The number of aromatic nitrogens is 1. The molecule has 0 spiro atoms. The molecule has 1 aromatic heterocycles. The number of primary sulfonamides is 1. The molecule has 78 valence electrons. The summed E-state index contributed by atoms with van der Waals surface area (Å²) in [4.78, 5) is 12.0. The standard InChI is InChI=1S/C6H6F2N2O3S/c7-5(8)4-3(14(9,12)13)1-2-10-6(4)11/h1-2,5H,(H,10,11)(H2,9,12,13). The summed E-state index contributed by atoms with van der Waals surface area (Å²) in [5.74, 6) is 0. The van der Waals surface area contributed by atoms with Crippen molar-refractivity contribution in [2.45, 2.75) is 11.3 Å². The Hall–Kier alpha value is -1.28. The maximum Gasteiger partial charge on any atom is 0.270 e. The largest absolute Gasteiger partial charge is 0.329 e. The Bertz CT molecular complexity index is 494. The lowest BCUT2D eigenvalue weighted by Gasteiger charge is -2.04. The van der Waals surface area contributed by atoms with Crippen molar-refractivity contribution in [2.75, 3.05) is 0 Å². The zero-order valence-electron chi connectivity index (χ0n) is 6.70. The Morgan fingerprint density at radius 2 is 2.00 bits per heavy atom. The van der Waals surface area contributed by atoms with Gasteiger partial charge in [-0.25, -0.2) is 22.3 Å². The van der Waals surface area contributed by atoms with E-state index in [1.54, 1.807) is 0 Å². The third-order valence-electron chi connectivity index (χ3n) is 1.48. The highest BCUT2D eigenvalue weighted by atomic mass is 32.2. The minimum Gasteiger partial charge on any atom is -0.329 e. The van der Waals surface area contributed by atoms with E-state index < -0.39 is 32.5 Å². The van der Waals surface area contributed by atoms with Crippen LogP contribution >= 0.6 is 0 Å². The van der Waals surface area contributed by atoms with Crippen molar-refractivity contribution >= 4 is 10.0 Å². The van der Waals surface area contributed by atoms with Crippen LogP contribution in [0.2, 0.25) is 0 Å². The van der Waals surface area contributed by atoms with Gasteiger partial charge < -0.3 is 4.98 Å². The van der Waals surface area contributed by atoms with Crippen molar-refractivity contribution in [3.05, 3.63) is 28.2 Å². The molecule has 5 nitrogen and oxygen atoms in total. The van der Waals surface area contributed by atoms with Crippen LogP contribution in [0.1, 0.15) is 12.0 Å². The quantitative estimate of drug-likeness (QED) is 0.738. The molecule has 1 heterocycles. The van der Waals surface area contributed by atoms with E-state index >= 15 is 0 Å². The molecule has 14 heavy (non-hydrogen) atoms. The molecule has 0 radical (unpaired) electrons. The fraction of sp³-hybridized carbons (Fsp3) is 0.167. The molecule has 0 aromatic carbocycles. The highest BCUT2D eigenvalue weighted by molar-refractivity contribution is 7.89. The van der Waals surface area contributed by atoms with Crippen LogP contribution in [0.25, 0.3) is 0 Å². The molecule has 0 aliphatic carbocycles. The van der Waals surface area contributed by atoms with Crippen LogP contribution in [-0.4, -0.2) is 13.4 Å². The first-order valence-electron chi connectivity index (χ1n) is 3.36. The topological polar surface area (TPSA) is 93.0 Å². The maximum absolute atomic E-state index is 12.3. The molecule has 0 bridgehead atoms. The minimum absolute atomic E-state index is 0.818. The van der Waals surface area contributed by atoms with Gasteiger partial charge in [0.05, 0.1) is 4.90 Å². The Kier molecular flexibility index (Phi) is 2.67. The number of alkyl halides is 2. The Morgan fingerprint density at radius 1 is 1.43 bits per heavy atom. The maximum atomic E-state index is 12.3. The number of rotatable bonds is 2. The Morgan fingerprint density at radius 3 is 2.36 bits per heavy atom. The van der Waals surface area contributed by atoms with Crippen molar-refractivity contribution in [1.82, 2.24) is 4.98 Å². The predicted molar refractivity (Wildman–Crippen MR) is 43.4 cm³/mol. The summed E-state index contributed by atoms with van der Waals surface area (Å²) in [7, 11) is -4.30. The lowest BCUT2D eigenvalue weighted by atomic mass is 10.3. The molecule has 0 saturated heterocycles. The zero-order valence-corrected chi connectivity index (χ0v) is 7.51. The number of nitrogens with two attached hydrogens (primary N) is 1. The number of H-pyrrole nitrogens is 1. The molecule has 0 unspecified atom stereocenters. The monoisotopic (exact) mass is 224 g/mol. The zero-order chi connectivity index (χ0) is 10.9. The highest BCUT2D eigenvalue weighted by Crippen LogP contribution is 2.21. The van der Waals surface area contributed by atoms with Crippen molar-refractivity contribution in [3.63, 3.8) is 0 Å². The van der Waals surface area contributed by atoms with Gasteiger partial charge in [-0.3, -0.25) is 4.79 Å². The lowest BCUT2D eigenvalue weighted by molar-refractivity contribution is 0.146. The van der Waals surface area contributed by atoms with Crippen LogP contribution in [0.15, 0.2) is 22.0 Å². The van der Waals surface area contributed by atoms with E-state index in [9.17, 15) is 22.0 Å². The third-order valence-corrected chi connectivity index (χ3v) is 2.45. The predicted octanol–water partition coefficient (Wildman–Crippen LogP) is -0.0401. The van der Waals surface area contributed by atoms with Gasteiger partial charge in [0.2, 0.25) is 10.0 Å². The van der Waals surface area contributed by atoms with Gasteiger partial charge in [0.25, 0.3) is 12.0 Å². The van der Waals surface area contributed by atoms with Crippen LogP contribution in [0.5, 0.6) is 0 Å². The van der Waals surface area contributed by atoms with Gasteiger partial charge in [-0.1, -0.05) is 0 Å². The first-order valence-corrected chi connectivity index (χ1v) is 4.91. The molecule has 0 aliphatic rings. The van der Waals surface area contributed by atoms with Crippen molar-refractivity contribution < 1.29 is 17.2 Å². The smallest absolute Gasteiger partial charge is 0.270 e. The molecular weight excluding hydrogens is 218 g/mol. The lowest BCUT2D eigenvalue weighted by Crippen LogP contribution is -2.22. The summed E-state index contributed by atoms with van der Waals surface area (Å²) in [6.45, 7) is 0. The van der Waals surface area contributed by atoms with Crippen molar-refractivity contribution in [2.24, 2.45) is 5.14 Å². The average molecular weight is 224 g/mol. The average Bonchev–Trinajstić information content (AvgIpc) is 2.01. The van der Waals surface area contributed by atoms with Gasteiger partial charge in [0.1, 0.15) is 5.56 Å². The number of halogens is 2. The number of nitrogens with one attached hydrogen (secondary N) is 1. The number of sulfonamides is 1. The normalized spacial score (nSPS) is 12.0. The van der Waals surface area contributed by atoms with Gasteiger partial charge in [0.15, 0.2) is 0 Å². The number of hydrogen-bond donors (Lipinski definition) is 2. The van der Waals surface area contributed by atoms with Crippen LogP contribution in [0.4, 0.5) is 8.78 Å². The summed E-state index contributed by atoms with van der Waals surface area (Å²) >= 11 is 0. The number of hydrogen-bond acceptors (Lipinski definition) is 3.